The van der Waals surface area contributed by atoms with Crippen LogP contribution in [0.2, 0.25) is 0 Å². The van der Waals surface area contributed by atoms with Crippen LogP contribution in [0.5, 0.6) is 0 Å². The van der Waals surface area contributed by atoms with E-state index < -0.39 is 11.8 Å². The molecule has 3 rings (SSSR count). The number of hydrogen-bond donors (Lipinski definition) is 1. The molecule has 2 fully saturated rings. The van der Waals surface area contributed by atoms with E-state index in [4.69, 9.17) is 5.11 Å². The van der Waals surface area contributed by atoms with Crippen molar-refractivity contribution in [1.82, 2.24) is 9.88 Å². The maximum absolute atomic E-state index is 13.7. The minimum absolute atomic E-state index is 0.0353. The summed E-state index contributed by atoms with van der Waals surface area (Å²) in [6, 6.07) is 1.47. The van der Waals surface area contributed by atoms with Gasteiger partial charge in [-0.25, -0.2) is 4.39 Å². The highest BCUT2D eigenvalue weighted by Gasteiger charge is 2.44. The topological polar surface area (TPSA) is 70.5 Å². The highest BCUT2D eigenvalue weighted by Crippen LogP contribution is 2.40. The maximum atomic E-state index is 13.7. The molecule has 1 aromatic heterocycles. The van der Waals surface area contributed by atoms with Crippen LogP contribution in [0.3, 0.4) is 0 Å². The number of pyridine rings is 1. The fraction of sp³-hybridized carbons (Fsp3) is 0.533. The first kappa shape index (κ1) is 14.0. The van der Waals surface area contributed by atoms with E-state index in [1.165, 1.54) is 12.3 Å². The molecule has 0 saturated carbocycles. The van der Waals surface area contributed by atoms with E-state index in [0.717, 1.165) is 19.0 Å². The van der Waals surface area contributed by atoms with Gasteiger partial charge in [-0.15, -0.1) is 0 Å². The number of aliphatic carboxylic acids is 1. The Bertz CT molecular complexity index is 564. The van der Waals surface area contributed by atoms with Crippen molar-refractivity contribution >= 4 is 11.9 Å². The minimum atomic E-state index is -0.792. The van der Waals surface area contributed by atoms with Crippen LogP contribution in [0.1, 0.15) is 42.5 Å². The number of carboxylic acids is 1. The molecule has 0 radical (unpaired) electrons. The van der Waals surface area contributed by atoms with Crippen LogP contribution in [0.15, 0.2) is 18.5 Å². The molecule has 1 amide bonds. The third kappa shape index (κ3) is 2.62. The molecule has 112 valence electrons. The van der Waals surface area contributed by atoms with Crippen LogP contribution < -0.4 is 0 Å². The number of amides is 1. The highest BCUT2D eigenvalue weighted by molar-refractivity contribution is 5.95. The summed E-state index contributed by atoms with van der Waals surface area (Å²) in [5.41, 5.74) is 0.0542. The zero-order chi connectivity index (χ0) is 15.0. The van der Waals surface area contributed by atoms with Gasteiger partial charge in [0.15, 0.2) is 5.82 Å². The third-order valence-electron chi connectivity index (χ3n) is 4.53. The summed E-state index contributed by atoms with van der Waals surface area (Å²) >= 11 is 0. The standard InChI is InChI=1S/C15H17FN2O3/c16-13-8-17-4-3-12(13)15(21)18-10-1-2-11(18)6-9(5-10)7-14(19)20/h3-4,8-11H,1-2,5-7H2,(H,19,20). The summed E-state index contributed by atoms with van der Waals surface area (Å²) in [6.45, 7) is 0. The molecular formula is C15H17FN2O3. The monoisotopic (exact) mass is 292 g/mol. The summed E-state index contributed by atoms with van der Waals surface area (Å²) < 4.78 is 13.7. The van der Waals surface area contributed by atoms with Crippen LogP contribution in [-0.4, -0.2) is 39.0 Å². The smallest absolute Gasteiger partial charge is 0.303 e. The summed E-state index contributed by atoms with van der Waals surface area (Å²) in [7, 11) is 0. The number of piperidine rings is 1. The number of carbonyl (C=O) groups is 2. The Kier molecular flexibility index (Phi) is 3.61. The van der Waals surface area contributed by atoms with Gasteiger partial charge in [0.2, 0.25) is 0 Å². The Hall–Kier alpha value is -1.98. The van der Waals surface area contributed by atoms with Gasteiger partial charge in [-0.2, -0.15) is 0 Å². The van der Waals surface area contributed by atoms with E-state index >= 15 is 0 Å². The average molecular weight is 292 g/mol. The van der Waals surface area contributed by atoms with Gasteiger partial charge in [0.05, 0.1) is 11.8 Å². The highest BCUT2D eigenvalue weighted by atomic mass is 19.1. The number of carbonyl (C=O) groups excluding carboxylic acids is 1. The molecule has 21 heavy (non-hydrogen) atoms. The van der Waals surface area contributed by atoms with E-state index in [1.807, 2.05) is 0 Å². The van der Waals surface area contributed by atoms with Gasteiger partial charge in [0, 0.05) is 24.7 Å². The molecule has 5 nitrogen and oxygen atoms in total. The molecule has 2 atom stereocenters. The predicted molar refractivity (Wildman–Crippen MR) is 72.2 cm³/mol. The number of aromatic nitrogens is 1. The lowest BCUT2D eigenvalue weighted by atomic mass is 9.88. The van der Waals surface area contributed by atoms with Crippen molar-refractivity contribution in [2.24, 2.45) is 5.92 Å². The number of hydrogen-bond acceptors (Lipinski definition) is 3. The minimum Gasteiger partial charge on any atom is -0.481 e. The predicted octanol–water partition coefficient (Wildman–Crippen LogP) is 2.08. The first-order valence-electron chi connectivity index (χ1n) is 7.20. The Morgan fingerprint density at radius 1 is 1.33 bits per heavy atom. The Morgan fingerprint density at radius 2 is 2.00 bits per heavy atom. The normalized spacial score (nSPS) is 27.7. The van der Waals surface area contributed by atoms with Gasteiger partial charge in [-0.3, -0.25) is 14.6 Å². The van der Waals surface area contributed by atoms with E-state index in [-0.39, 0.29) is 35.9 Å². The van der Waals surface area contributed by atoms with Crippen LogP contribution in [0.4, 0.5) is 4.39 Å². The van der Waals surface area contributed by atoms with Gasteiger partial charge >= 0.3 is 5.97 Å². The van der Waals surface area contributed by atoms with Crippen molar-refractivity contribution in [2.75, 3.05) is 0 Å². The van der Waals surface area contributed by atoms with Crippen molar-refractivity contribution in [3.8, 4) is 0 Å². The van der Waals surface area contributed by atoms with E-state index in [1.54, 1.807) is 4.90 Å². The van der Waals surface area contributed by atoms with Gasteiger partial charge in [-0.1, -0.05) is 0 Å². The summed E-state index contributed by atoms with van der Waals surface area (Å²) in [5.74, 6) is -1.57. The number of carboxylic acid groups (broad SMARTS) is 1. The van der Waals surface area contributed by atoms with Gasteiger partial charge in [0.25, 0.3) is 5.91 Å². The Labute approximate surface area is 121 Å². The van der Waals surface area contributed by atoms with Crippen molar-refractivity contribution in [2.45, 2.75) is 44.2 Å². The molecule has 2 saturated heterocycles. The Balaban J connectivity index is 1.78. The van der Waals surface area contributed by atoms with E-state index in [0.29, 0.717) is 12.8 Å². The SMILES string of the molecule is O=C(O)CC1CC2CCC(C1)N2C(=O)c1ccncc1F. The Morgan fingerprint density at radius 3 is 2.57 bits per heavy atom. The summed E-state index contributed by atoms with van der Waals surface area (Å²) in [4.78, 5) is 28.8. The second-order valence-corrected chi connectivity index (χ2v) is 5.89. The van der Waals surface area contributed by atoms with Crippen LogP contribution in [0, 0.1) is 11.7 Å². The maximum Gasteiger partial charge on any atom is 0.303 e. The molecule has 2 unspecified atom stereocenters. The molecule has 2 bridgehead atoms. The molecular weight excluding hydrogens is 275 g/mol. The summed E-state index contributed by atoms with van der Waals surface area (Å²) in [6.07, 6.45) is 5.75. The molecule has 1 aromatic rings. The van der Waals surface area contributed by atoms with Crippen LogP contribution in [-0.2, 0) is 4.79 Å². The second kappa shape index (κ2) is 5.42. The lowest BCUT2D eigenvalue weighted by molar-refractivity contribution is -0.138. The molecule has 0 aromatic carbocycles. The number of halogens is 1. The van der Waals surface area contributed by atoms with E-state index in [2.05, 4.69) is 4.98 Å². The zero-order valence-electron chi connectivity index (χ0n) is 11.5. The lowest BCUT2D eigenvalue weighted by Crippen LogP contribution is -2.47. The quantitative estimate of drug-likeness (QED) is 0.926. The van der Waals surface area contributed by atoms with Gasteiger partial charge in [-0.05, 0) is 37.7 Å². The van der Waals surface area contributed by atoms with E-state index in [9.17, 15) is 14.0 Å². The van der Waals surface area contributed by atoms with Crippen molar-refractivity contribution in [3.63, 3.8) is 0 Å². The third-order valence-corrected chi connectivity index (χ3v) is 4.53. The van der Waals surface area contributed by atoms with Crippen molar-refractivity contribution in [1.29, 1.82) is 0 Å². The first-order chi connectivity index (χ1) is 10.1. The fourth-order valence-corrected chi connectivity index (χ4v) is 3.72. The summed E-state index contributed by atoms with van der Waals surface area (Å²) in [5, 5.41) is 8.91. The lowest BCUT2D eigenvalue weighted by Gasteiger charge is -2.38. The first-order valence-corrected chi connectivity index (χ1v) is 7.20. The molecule has 6 heteroatoms. The molecule has 3 heterocycles. The van der Waals surface area contributed by atoms with Gasteiger partial charge in [0.1, 0.15) is 0 Å². The zero-order valence-corrected chi connectivity index (χ0v) is 11.5. The second-order valence-electron chi connectivity index (χ2n) is 5.89. The number of rotatable bonds is 3. The number of nitrogens with zero attached hydrogens (tertiary/aromatic N) is 2. The van der Waals surface area contributed by atoms with Crippen LogP contribution in [0.25, 0.3) is 0 Å². The van der Waals surface area contributed by atoms with Crippen molar-refractivity contribution < 1.29 is 19.1 Å². The molecule has 0 aliphatic carbocycles. The average Bonchev–Trinajstić information content (AvgIpc) is 2.69. The molecule has 1 N–H and O–H groups in total. The fourth-order valence-electron chi connectivity index (χ4n) is 3.72. The molecule has 0 spiro atoms. The molecule has 2 aliphatic rings. The van der Waals surface area contributed by atoms with Gasteiger partial charge < -0.3 is 10.0 Å². The van der Waals surface area contributed by atoms with Crippen molar-refractivity contribution in [3.05, 3.63) is 29.8 Å². The largest absolute Gasteiger partial charge is 0.481 e. The van der Waals surface area contributed by atoms with Crippen LogP contribution >= 0.6 is 0 Å². The number of fused-ring (bicyclic) bond motifs is 2. The molecule has 2 aliphatic heterocycles.